The molecule has 0 atom stereocenters. The molecule has 0 aliphatic heterocycles. The Balaban J connectivity index is 3.79. The molecule has 11 heavy (non-hydrogen) atoms. The van der Waals surface area contributed by atoms with Crippen molar-refractivity contribution in [2.45, 2.75) is 33.7 Å². The summed E-state index contributed by atoms with van der Waals surface area (Å²) in [5.74, 6) is 0. The van der Waals surface area contributed by atoms with Crippen molar-refractivity contribution in [1.29, 1.82) is 0 Å². The van der Waals surface area contributed by atoms with Gasteiger partial charge in [-0.2, -0.15) is 0 Å². The number of nitrogens with zero attached hydrogens (tertiary/aromatic N) is 1. The zero-order valence-corrected chi connectivity index (χ0v) is 8.66. The van der Waals surface area contributed by atoms with Crippen LogP contribution in [0.5, 0.6) is 0 Å². The van der Waals surface area contributed by atoms with Gasteiger partial charge >= 0.3 is 0 Å². The zero-order valence-electron chi connectivity index (χ0n) is 7.85. The number of hydrogen-bond donors (Lipinski definition) is 1. The van der Waals surface area contributed by atoms with E-state index in [1.165, 1.54) is 0 Å². The van der Waals surface area contributed by atoms with Crippen LogP contribution < -0.4 is 5.32 Å². The molecule has 0 spiro atoms. The van der Waals surface area contributed by atoms with E-state index in [4.69, 9.17) is 12.2 Å². The lowest BCUT2D eigenvalue weighted by Crippen LogP contribution is -2.42. The molecule has 1 N–H and O–H groups in total. The highest BCUT2D eigenvalue weighted by atomic mass is 32.1. The second kappa shape index (κ2) is 5.35. The van der Waals surface area contributed by atoms with Crippen LogP contribution in [-0.4, -0.2) is 29.1 Å². The van der Waals surface area contributed by atoms with Crippen LogP contribution in [-0.2, 0) is 0 Å². The summed E-state index contributed by atoms with van der Waals surface area (Å²) in [6.45, 7) is 10.4. The van der Waals surface area contributed by atoms with Crippen molar-refractivity contribution in [3.05, 3.63) is 0 Å². The third-order valence-corrected chi connectivity index (χ3v) is 1.84. The molecule has 2 nitrogen and oxygen atoms in total. The Morgan fingerprint density at radius 3 is 2.09 bits per heavy atom. The van der Waals surface area contributed by atoms with Gasteiger partial charge in [0.05, 0.1) is 0 Å². The monoisotopic (exact) mass is 174 g/mol. The Hall–Kier alpha value is -0.310. The predicted octanol–water partition coefficient (Wildman–Crippen LogP) is 1.61. The molecule has 0 radical (unpaired) electrons. The SMILES string of the molecule is CCN(CC)C(=S)NC(C)C. The smallest absolute Gasteiger partial charge is 0.169 e. The second-order valence-electron chi connectivity index (χ2n) is 2.78. The number of nitrogens with one attached hydrogen (secondary N) is 1. The fraction of sp³-hybridized carbons (Fsp3) is 0.875. The highest BCUT2D eigenvalue weighted by Crippen LogP contribution is 1.90. The van der Waals surface area contributed by atoms with Crippen LogP contribution in [0, 0.1) is 0 Å². The van der Waals surface area contributed by atoms with Gasteiger partial charge in [-0.05, 0) is 39.9 Å². The Labute approximate surface area is 75.0 Å². The third-order valence-electron chi connectivity index (χ3n) is 1.46. The minimum absolute atomic E-state index is 0.433. The van der Waals surface area contributed by atoms with Gasteiger partial charge < -0.3 is 10.2 Å². The van der Waals surface area contributed by atoms with Gasteiger partial charge in [0, 0.05) is 19.1 Å². The van der Waals surface area contributed by atoms with Gasteiger partial charge in [0.15, 0.2) is 5.11 Å². The van der Waals surface area contributed by atoms with E-state index in [0.717, 1.165) is 18.2 Å². The molecule has 0 saturated heterocycles. The molecule has 0 aromatic heterocycles. The summed E-state index contributed by atoms with van der Waals surface area (Å²) in [6, 6.07) is 0.433. The summed E-state index contributed by atoms with van der Waals surface area (Å²) < 4.78 is 0. The first kappa shape index (κ1) is 10.7. The van der Waals surface area contributed by atoms with Crippen LogP contribution >= 0.6 is 12.2 Å². The predicted molar refractivity (Wildman–Crippen MR) is 53.8 cm³/mol. The lowest BCUT2D eigenvalue weighted by atomic mass is 10.4. The van der Waals surface area contributed by atoms with Crippen LogP contribution in [0.4, 0.5) is 0 Å². The first-order chi connectivity index (χ1) is 5.11. The van der Waals surface area contributed by atoms with Gasteiger partial charge in [-0.15, -0.1) is 0 Å². The van der Waals surface area contributed by atoms with Crippen molar-refractivity contribution in [1.82, 2.24) is 10.2 Å². The van der Waals surface area contributed by atoms with E-state index in [9.17, 15) is 0 Å². The molecule has 0 aromatic rings. The highest BCUT2D eigenvalue weighted by molar-refractivity contribution is 7.80. The van der Waals surface area contributed by atoms with Crippen molar-refractivity contribution in [2.75, 3.05) is 13.1 Å². The maximum absolute atomic E-state index is 5.16. The number of thiocarbonyl (C=S) groups is 1. The average Bonchev–Trinajstić information content (AvgIpc) is 1.88. The Bertz CT molecular complexity index is 119. The molecular formula is C8H18N2S. The van der Waals surface area contributed by atoms with Gasteiger partial charge in [-0.3, -0.25) is 0 Å². The van der Waals surface area contributed by atoms with Crippen molar-refractivity contribution in [2.24, 2.45) is 0 Å². The highest BCUT2D eigenvalue weighted by Gasteiger charge is 2.04. The van der Waals surface area contributed by atoms with Crippen molar-refractivity contribution < 1.29 is 0 Å². The largest absolute Gasteiger partial charge is 0.360 e. The van der Waals surface area contributed by atoms with E-state index in [-0.39, 0.29) is 0 Å². The standard InChI is InChI=1S/C8H18N2S/c1-5-10(6-2)8(11)9-7(3)4/h7H,5-6H2,1-4H3,(H,9,11). The van der Waals surface area contributed by atoms with E-state index >= 15 is 0 Å². The van der Waals surface area contributed by atoms with Crippen LogP contribution in [0.1, 0.15) is 27.7 Å². The molecule has 0 bridgehead atoms. The maximum Gasteiger partial charge on any atom is 0.169 e. The van der Waals surface area contributed by atoms with Gasteiger partial charge in [0.1, 0.15) is 0 Å². The molecule has 0 fully saturated rings. The second-order valence-corrected chi connectivity index (χ2v) is 3.16. The Morgan fingerprint density at radius 1 is 1.36 bits per heavy atom. The fourth-order valence-corrected chi connectivity index (χ4v) is 1.34. The lowest BCUT2D eigenvalue weighted by molar-refractivity contribution is 0.450. The summed E-state index contributed by atoms with van der Waals surface area (Å²) in [7, 11) is 0. The van der Waals surface area contributed by atoms with Crippen LogP contribution in [0.25, 0.3) is 0 Å². The Kier molecular flexibility index (Phi) is 5.20. The minimum atomic E-state index is 0.433. The fourth-order valence-electron chi connectivity index (χ4n) is 0.849. The maximum atomic E-state index is 5.16. The van der Waals surface area contributed by atoms with Crippen LogP contribution in [0.15, 0.2) is 0 Å². The molecular weight excluding hydrogens is 156 g/mol. The van der Waals surface area contributed by atoms with Gasteiger partial charge in [-0.25, -0.2) is 0 Å². The van der Waals surface area contributed by atoms with Crippen LogP contribution in [0.3, 0.4) is 0 Å². The minimum Gasteiger partial charge on any atom is -0.360 e. The molecule has 0 amide bonds. The molecule has 0 saturated carbocycles. The van der Waals surface area contributed by atoms with Crippen molar-refractivity contribution >= 4 is 17.3 Å². The van der Waals surface area contributed by atoms with Crippen molar-refractivity contribution in [3.63, 3.8) is 0 Å². The van der Waals surface area contributed by atoms with E-state index in [0.29, 0.717) is 6.04 Å². The van der Waals surface area contributed by atoms with E-state index in [2.05, 4.69) is 37.9 Å². The summed E-state index contributed by atoms with van der Waals surface area (Å²) in [4.78, 5) is 2.13. The van der Waals surface area contributed by atoms with E-state index in [1.807, 2.05) is 0 Å². The molecule has 0 aromatic carbocycles. The quantitative estimate of drug-likeness (QED) is 0.654. The first-order valence-corrected chi connectivity index (χ1v) is 4.58. The van der Waals surface area contributed by atoms with Crippen LogP contribution in [0.2, 0.25) is 0 Å². The molecule has 0 aliphatic rings. The summed E-state index contributed by atoms with van der Waals surface area (Å²) in [6.07, 6.45) is 0. The lowest BCUT2D eigenvalue weighted by Gasteiger charge is -2.23. The van der Waals surface area contributed by atoms with Gasteiger partial charge in [-0.1, -0.05) is 0 Å². The summed E-state index contributed by atoms with van der Waals surface area (Å²) in [5.41, 5.74) is 0. The van der Waals surface area contributed by atoms with Gasteiger partial charge in [0.2, 0.25) is 0 Å². The number of hydrogen-bond acceptors (Lipinski definition) is 1. The Morgan fingerprint density at radius 2 is 1.82 bits per heavy atom. The zero-order chi connectivity index (χ0) is 8.85. The van der Waals surface area contributed by atoms with Gasteiger partial charge in [0.25, 0.3) is 0 Å². The number of rotatable bonds is 3. The molecule has 0 rings (SSSR count). The molecule has 0 aliphatic carbocycles. The molecule has 3 heteroatoms. The van der Waals surface area contributed by atoms with Crippen molar-refractivity contribution in [3.8, 4) is 0 Å². The average molecular weight is 174 g/mol. The van der Waals surface area contributed by atoms with E-state index < -0.39 is 0 Å². The first-order valence-electron chi connectivity index (χ1n) is 4.17. The van der Waals surface area contributed by atoms with E-state index in [1.54, 1.807) is 0 Å². The summed E-state index contributed by atoms with van der Waals surface area (Å²) >= 11 is 5.16. The summed E-state index contributed by atoms with van der Waals surface area (Å²) in [5, 5.41) is 4.07. The molecule has 0 heterocycles. The third kappa shape index (κ3) is 4.19. The normalized spacial score (nSPS) is 9.91. The topological polar surface area (TPSA) is 15.3 Å². The molecule has 0 unspecified atom stereocenters. The molecule has 66 valence electrons.